The van der Waals surface area contributed by atoms with E-state index in [2.05, 4.69) is 10.3 Å². The number of amides is 1. The van der Waals surface area contributed by atoms with Crippen LogP contribution in [0.3, 0.4) is 0 Å². The molecule has 3 rings (SSSR count). The molecule has 0 saturated heterocycles. The van der Waals surface area contributed by atoms with Gasteiger partial charge < -0.3 is 11.5 Å². The second-order valence-electron chi connectivity index (χ2n) is 4.32. The number of nitrogens with two attached hydrogens (primary N) is 2. The summed E-state index contributed by atoms with van der Waals surface area (Å²) < 4.78 is 0.979. The molecule has 20 heavy (non-hydrogen) atoms. The zero-order valence-corrected chi connectivity index (χ0v) is 11.3. The van der Waals surface area contributed by atoms with Crippen LogP contribution in [0.4, 0.5) is 16.5 Å². The Morgan fingerprint density at radius 1 is 1.05 bits per heavy atom. The number of hydrogen-bond acceptors (Lipinski definition) is 5. The first kappa shape index (κ1) is 12.4. The minimum Gasteiger partial charge on any atom is -0.399 e. The second-order valence-corrected chi connectivity index (χ2v) is 5.35. The van der Waals surface area contributed by atoms with Crippen molar-refractivity contribution in [2.24, 2.45) is 0 Å². The Hall–Kier alpha value is -2.60. The normalized spacial score (nSPS) is 10.6. The summed E-state index contributed by atoms with van der Waals surface area (Å²) in [4.78, 5) is 16.4. The first-order chi connectivity index (χ1) is 9.61. The number of aromatic nitrogens is 1. The standard InChI is InChI=1S/C14H12N4OS/c15-9-3-1-8(2-4-9)13(19)18-14-17-11-7-10(16)5-6-12(11)20-14/h1-7H,15-16H2,(H,17,18,19). The molecule has 1 amide bonds. The SMILES string of the molecule is Nc1ccc(C(=O)Nc2nc3cc(N)ccc3s2)cc1. The molecule has 0 unspecified atom stereocenters. The van der Waals surface area contributed by atoms with Gasteiger partial charge in [-0.05, 0) is 42.5 Å². The van der Waals surface area contributed by atoms with Gasteiger partial charge in [-0.2, -0.15) is 0 Å². The number of nitrogens with one attached hydrogen (secondary N) is 1. The number of hydrogen-bond donors (Lipinski definition) is 3. The molecular weight excluding hydrogens is 272 g/mol. The smallest absolute Gasteiger partial charge is 0.257 e. The lowest BCUT2D eigenvalue weighted by Crippen LogP contribution is -2.11. The summed E-state index contributed by atoms with van der Waals surface area (Å²) in [7, 11) is 0. The predicted molar refractivity (Wildman–Crippen MR) is 82.8 cm³/mol. The van der Waals surface area contributed by atoms with E-state index in [0.29, 0.717) is 22.1 Å². The molecule has 6 heteroatoms. The van der Waals surface area contributed by atoms with Crippen molar-refractivity contribution >= 4 is 44.0 Å². The van der Waals surface area contributed by atoms with Crippen LogP contribution in [0.5, 0.6) is 0 Å². The van der Waals surface area contributed by atoms with E-state index in [9.17, 15) is 4.79 Å². The van der Waals surface area contributed by atoms with Crippen LogP contribution >= 0.6 is 11.3 Å². The van der Waals surface area contributed by atoms with E-state index in [-0.39, 0.29) is 5.91 Å². The lowest BCUT2D eigenvalue weighted by molar-refractivity contribution is 0.102. The van der Waals surface area contributed by atoms with Gasteiger partial charge >= 0.3 is 0 Å². The summed E-state index contributed by atoms with van der Waals surface area (Å²) in [5, 5.41) is 3.32. The maximum atomic E-state index is 12.1. The quantitative estimate of drug-likeness (QED) is 0.631. The lowest BCUT2D eigenvalue weighted by atomic mass is 10.2. The Bertz CT molecular complexity index is 779. The molecule has 5 nitrogen and oxygen atoms in total. The molecule has 0 aliphatic carbocycles. The van der Waals surface area contributed by atoms with E-state index in [1.165, 1.54) is 11.3 Å². The minimum atomic E-state index is -0.211. The van der Waals surface area contributed by atoms with Gasteiger partial charge in [-0.25, -0.2) is 4.98 Å². The average Bonchev–Trinajstić information content (AvgIpc) is 2.80. The zero-order chi connectivity index (χ0) is 14.1. The van der Waals surface area contributed by atoms with Crippen LogP contribution in [0.25, 0.3) is 10.2 Å². The molecule has 100 valence electrons. The fourth-order valence-corrected chi connectivity index (χ4v) is 2.64. The molecular formula is C14H12N4OS. The molecule has 0 bridgehead atoms. The van der Waals surface area contributed by atoms with Crippen molar-refractivity contribution in [3.8, 4) is 0 Å². The van der Waals surface area contributed by atoms with Gasteiger partial charge in [0.2, 0.25) is 0 Å². The number of rotatable bonds is 2. The molecule has 0 spiro atoms. The van der Waals surface area contributed by atoms with E-state index < -0.39 is 0 Å². The molecule has 0 aliphatic heterocycles. The van der Waals surface area contributed by atoms with Crippen LogP contribution in [-0.4, -0.2) is 10.9 Å². The number of carbonyl (C=O) groups excluding carboxylic acids is 1. The van der Waals surface area contributed by atoms with Gasteiger partial charge in [-0.3, -0.25) is 10.1 Å². The van der Waals surface area contributed by atoms with E-state index >= 15 is 0 Å². The van der Waals surface area contributed by atoms with Gasteiger partial charge in [0.1, 0.15) is 0 Å². The average molecular weight is 284 g/mol. The maximum absolute atomic E-state index is 12.1. The van der Waals surface area contributed by atoms with E-state index in [0.717, 1.165) is 10.2 Å². The van der Waals surface area contributed by atoms with Crippen LogP contribution in [-0.2, 0) is 0 Å². The predicted octanol–water partition coefficient (Wildman–Crippen LogP) is 2.71. The van der Waals surface area contributed by atoms with Crippen molar-refractivity contribution in [1.82, 2.24) is 4.98 Å². The molecule has 0 fully saturated rings. The minimum absolute atomic E-state index is 0.211. The van der Waals surface area contributed by atoms with Crippen LogP contribution < -0.4 is 16.8 Å². The highest BCUT2D eigenvalue weighted by Crippen LogP contribution is 2.27. The van der Waals surface area contributed by atoms with Crippen molar-refractivity contribution in [2.75, 3.05) is 16.8 Å². The third kappa shape index (κ3) is 2.41. The van der Waals surface area contributed by atoms with Gasteiger partial charge in [0.25, 0.3) is 5.91 Å². The summed E-state index contributed by atoms with van der Waals surface area (Å²) in [5.41, 5.74) is 13.9. The Labute approximate surface area is 119 Å². The van der Waals surface area contributed by atoms with Crippen LogP contribution in [0.1, 0.15) is 10.4 Å². The number of anilines is 3. The molecule has 5 N–H and O–H groups in total. The van der Waals surface area contributed by atoms with Gasteiger partial charge in [0.05, 0.1) is 10.2 Å². The van der Waals surface area contributed by atoms with Crippen LogP contribution in [0.2, 0.25) is 0 Å². The number of fused-ring (bicyclic) bond motifs is 1. The summed E-state index contributed by atoms with van der Waals surface area (Å²) in [5.74, 6) is -0.211. The van der Waals surface area contributed by atoms with Crippen molar-refractivity contribution in [2.45, 2.75) is 0 Å². The Morgan fingerprint density at radius 3 is 2.50 bits per heavy atom. The molecule has 0 saturated carbocycles. The summed E-state index contributed by atoms with van der Waals surface area (Å²) in [6.45, 7) is 0. The molecule has 2 aromatic carbocycles. The van der Waals surface area contributed by atoms with E-state index in [1.54, 1.807) is 30.3 Å². The van der Waals surface area contributed by atoms with Gasteiger partial charge in [-0.15, -0.1) is 0 Å². The van der Waals surface area contributed by atoms with Crippen molar-refractivity contribution in [3.63, 3.8) is 0 Å². The first-order valence-electron chi connectivity index (χ1n) is 5.95. The van der Waals surface area contributed by atoms with E-state index in [4.69, 9.17) is 11.5 Å². The largest absolute Gasteiger partial charge is 0.399 e. The maximum Gasteiger partial charge on any atom is 0.257 e. The molecule has 0 aliphatic rings. The van der Waals surface area contributed by atoms with Crippen molar-refractivity contribution in [1.29, 1.82) is 0 Å². The highest BCUT2D eigenvalue weighted by atomic mass is 32.1. The number of thiazole rings is 1. The Kier molecular flexibility index (Phi) is 3.00. The summed E-state index contributed by atoms with van der Waals surface area (Å²) >= 11 is 1.41. The fraction of sp³-hybridized carbons (Fsp3) is 0. The monoisotopic (exact) mass is 284 g/mol. The molecule has 3 aromatic rings. The highest BCUT2D eigenvalue weighted by molar-refractivity contribution is 7.22. The highest BCUT2D eigenvalue weighted by Gasteiger charge is 2.09. The molecule has 1 aromatic heterocycles. The fourth-order valence-electron chi connectivity index (χ4n) is 1.80. The summed E-state index contributed by atoms with van der Waals surface area (Å²) in [6, 6.07) is 12.2. The molecule has 0 radical (unpaired) electrons. The second kappa shape index (κ2) is 4.82. The first-order valence-corrected chi connectivity index (χ1v) is 6.76. The Morgan fingerprint density at radius 2 is 1.75 bits per heavy atom. The summed E-state index contributed by atoms with van der Waals surface area (Å²) in [6.07, 6.45) is 0. The van der Waals surface area contributed by atoms with Crippen molar-refractivity contribution in [3.05, 3.63) is 48.0 Å². The van der Waals surface area contributed by atoms with Gasteiger partial charge in [0.15, 0.2) is 5.13 Å². The van der Waals surface area contributed by atoms with Crippen molar-refractivity contribution < 1.29 is 4.79 Å². The molecule has 0 atom stereocenters. The third-order valence-electron chi connectivity index (χ3n) is 2.80. The number of nitrogens with zero attached hydrogens (tertiary/aromatic N) is 1. The topological polar surface area (TPSA) is 94.0 Å². The number of benzene rings is 2. The van der Waals surface area contributed by atoms with Crippen LogP contribution in [0.15, 0.2) is 42.5 Å². The number of nitrogen functional groups attached to an aromatic ring is 2. The number of carbonyl (C=O) groups is 1. The van der Waals surface area contributed by atoms with Gasteiger partial charge in [0, 0.05) is 16.9 Å². The van der Waals surface area contributed by atoms with Crippen LogP contribution in [0, 0.1) is 0 Å². The Balaban J connectivity index is 1.85. The lowest BCUT2D eigenvalue weighted by Gasteiger charge is -2.01. The molecule has 1 heterocycles. The van der Waals surface area contributed by atoms with Gasteiger partial charge in [-0.1, -0.05) is 11.3 Å². The van der Waals surface area contributed by atoms with E-state index in [1.807, 2.05) is 12.1 Å². The third-order valence-corrected chi connectivity index (χ3v) is 3.76. The zero-order valence-electron chi connectivity index (χ0n) is 10.5.